The molecule has 0 bridgehead atoms. The minimum Gasteiger partial charge on any atom is -0.478 e. The van der Waals surface area contributed by atoms with Gasteiger partial charge in [-0.1, -0.05) is 24.3 Å². The predicted molar refractivity (Wildman–Crippen MR) is 138 cm³/mol. The zero-order chi connectivity index (χ0) is 26.7. The van der Waals surface area contributed by atoms with Gasteiger partial charge in [0.1, 0.15) is 0 Å². The van der Waals surface area contributed by atoms with Crippen LogP contribution in [-0.4, -0.2) is 59.7 Å². The Labute approximate surface area is 220 Å². The van der Waals surface area contributed by atoms with Crippen LogP contribution in [0.3, 0.4) is 0 Å². The fraction of sp³-hybridized carbons (Fsp3) is 0.370. The van der Waals surface area contributed by atoms with Crippen molar-refractivity contribution in [2.45, 2.75) is 54.6 Å². The number of carboxylic acids is 1. The first-order valence-electron chi connectivity index (χ1n) is 12.5. The van der Waals surface area contributed by atoms with Crippen LogP contribution in [0.25, 0.3) is 0 Å². The third kappa shape index (κ3) is 6.12. The van der Waals surface area contributed by atoms with Gasteiger partial charge in [0.15, 0.2) is 21.8 Å². The van der Waals surface area contributed by atoms with Crippen LogP contribution in [0, 0.1) is 0 Å². The summed E-state index contributed by atoms with van der Waals surface area (Å²) in [6.07, 6.45) is 3.28. The van der Waals surface area contributed by atoms with Crippen LogP contribution in [0.2, 0.25) is 0 Å². The highest BCUT2D eigenvalue weighted by atomic mass is 32.2. The average molecular weight is 540 g/mol. The number of rotatable bonds is 10. The van der Waals surface area contributed by atoms with Gasteiger partial charge in [-0.25, -0.2) is 13.2 Å². The second kappa shape index (κ2) is 11.1. The number of aromatic carboxylic acids is 1. The van der Waals surface area contributed by atoms with Gasteiger partial charge in [0.25, 0.3) is 5.91 Å². The highest BCUT2D eigenvalue weighted by molar-refractivity contribution is 7.92. The summed E-state index contributed by atoms with van der Waals surface area (Å²) < 4.78 is 38.4. The number of nitrogens with zero attached hydrogens (tertiary/aromatic N) is 2. The van der Waals surface area contributed by atoms with Crippen LogP contribution >= 0.6 is 0 Å². The Hall–Kier alpha value is -3.54. The van der Waals surface area contributed by atoms with E-state index in [2.05, 4.69) is 10.4 Å². The Bertz CT molecular complexity index is 1390. The smallest absolute Gasteiger partial charge is 0.335 e. The molecule has 1 amide bonds. The molecule has 1 saturated heterocycles. The summed E-state index contributed by atoms with van der Waals surface area (Å²) in [5.74, 6) is -1.06. The molecule has 5 rings (SSSR count). The van der Waals surface area contributed by atoms with Gasteiger partial charge >= 0.3 is 5.97 Å². The molecular formula is C27H29N3O7S. The van der Waals surface area contributed by atoms with Crippen LogP contribution in [0.15, 0.2) is 65.7 Å². The summed E-state index contributed by atoms with van der Waals surface area (Å²) in [6.45, 7) is 1.50. The third-order valence-corrected chi connectivity index (χ3v) is 8.93. The molecule has 2 fully saturated rings. The first-order chi connectivity index (χ1) is 18.3. The van der Waals surface area contributed by atoms with E-state index in [-0.39, 0.29) is 21.8 Å². The van der Waals surface area contributed by atoms with E-state index in [0.29, 0.717) is 56.8 Å². The standard InChI is InChI=1S/C27H29N3O7S/c31-26(28-24-11-14-30(29-24)17-18-1-3-20(4-2-18)27(32)33)25(37-21-12-15-36-16-13-21)19-5-7-22(8-6-19)38(34,35)23-9-10-23/h1-8,11,14,21,23,25H,9-10,12-13,15-17H2,(H,32,33)(H,28,29,31). The molecule has 11 heteroatoms. The van der Waals surface area contributed by atoms with E-state index in [1.54, 1.807) is 53.3 Å². The van der Waals surface area contributed by atoms with E-state index in [1.807, 2.05) is 0 Å². The Balaban J connectivity index is 1.30. The van der Waals surface area contributed by atoms with Crippen molar-refractivity contribution in [1.29, 1.82) is 0 Å². The van der Waals surface area contributed by atoms with E-state index < -0.39 is 27.8 Å². The van der Waals surface area contributed by atoms with E-state index in [9.17, 15) is 18.0 Å². The molecule has 38 heavy (non-hydrogen) atoms. The molecule has 2 aromatic carbocycles. The lowest BCUT2D eigenvalue weighted by atomic mass is 10.1. The lowest BCUT2D eigenvalue weighted by molar-refractivity contribution is -0.136. The van der Waals surface area contributed by atoms with Gasteiger partial charge in [-0.05, 0) is 61.1 Å². The van der Waals surface area contributed by atoms with Crippen LogP contribution < -0.4 is 5.32 Å². The molecule has 200 valence electrons. The molecule has 1 atom stereocenters. The van der Waals surface area contributed by atoms with Gasteiger partial charge in [0, 0.05) is 25.5 Å². The first-order valence-corrected chi connectivity index (χ1v) is 14.1. The van der Waals surface area contributed by atoms with E-state index in [0.717, 1.165) is 5.56 Å². The normalized spacial score (nSPS) is 17.2. The molecule has 2 aliphatic rings. The Morgan fingerprint density at radius 3 is 2.34 bits per heavy atom. The van der Waals surface area contributed by atoms with Crippen molar-refractivity contribution in [2.24, 2.45) is 0 Å². The second-order valence-electron chi connectivity index (χ2n) is 9.53. The summed E-state index contributed by atoms with van der Waals surface area (Å²) >= 11 is 0. The fourth-order valence-corrected chi connectivity index (χ4v) is 6.00. The molecule has 1 saturated carbocycles. The number of carboxylic acid groups (broad SMARTS) is 1. The number of nitrogens with one attached hydrogen (secondary N) is 1. The molecule has 1 aliphatic carbocycles. The molecule has 1 unspecified atom stereocenters. The van der Waals surface area contributed by atoms with Crippen molar-refractivity contribution in [1.82, 2.24) is 9.78 Å². The number of amides is 1. The highest BCUT2D eigenvalue weighted by Crippen LogP contribution is 2.34. The highest BCUT2D eigenvalue weighted by Gasteiger charge is 2.37. The van der Waals surface area contributed by atoms with Crippen molar-refractivity contribution in [3.8, 4) is 0 Å². The summed E-state index contributed by atoms with van der Waals surface area (Å²) in [5, 5.41) is 16.0. The van der Waals surface area contributed by atoms with Crippen molar-refractivity contribution in [2.75, 3.05) is 18.5 Å². The maximum absolute atomic E-state index is 13.4. The number of carbonyl (C=O) groups excluding carboxylic acids is 1. The Morgan fingerprint density at radius 1 is 1.03 bits per heavy atom. The second-order valence-corrected chi connectivity index (χ2v) is 11.8. The SMILES string of the molecule is O=C(O)c1ccc(Cn2ccc(NC(=O)C(OC3CCOCC3)c3ccc(S(=O)(=O)C4CC4)cc3)n2)cc1. The van der Waals surface area contributed by atoms with Crippen LogP contribution in [0.4, 0.5) is 5.82 Å². The molecule has 3 aromatic rings. The molecule has 2 heterocycles. The van der Waals surface area contributed by atoms with Crippen molar-refractivity contribution in [3.05, 3.63) is 77.5 Å². The number of hydrogen-bond donors (Lipinski definition) is 2. The lowest BCUT2D eigenvalue weighted by Gasteiger charge is -2.27. The summed E-state index contributed by atoms with van der Waals surface area (Å²) in [4.78, 5) is 24.7. The summed E-state index contributed by atoms with van der Waals surface area (Å²) in [5.41, 5.74) is 1.62. The third-order valence-electron chi connectivity index (χ3n) is 6.65. The molecule has 1 aliphatic heterocycles. The molecule has 1 aromatic heterocycles. The van der Waals surface area contributed by atoms with E-state index >= 15 is 0 Å². The molecule has 0 radical (unpaired) electrons. The topological polar surface area (TPSA) is 137 Å². The lowest BCUT2D eigenvalue weighted by Crippen LogP contribution is -2.31. The maximum Gasteiger partial charge on any atom is 0.335 e. The number of hydrogen-bond acceptors (Lipinski definition) is 7. The minimum atomic E-state index is -3.33. The van der Waals surface area contributed by atoms with Gasteiger partial charge < -0.3 is 19.9 Å². The molecule has 10 nitrogen and oxygen atoms in total. The monoisotopic (exact) mass is 539 g/mol. The summed E-state index contributed by atoms with van der Waals surface area (Å²) in [6, 6.07) is 14.5. The zero-order valence-corrected chi connectivity index (χ0v) is 21.5. The zero-order valence-electron chi connectivity index (χ0n) is 20.7. The predicted octanol–water partition coefficient (Wildman–Crippen LogP) is 3.44. The van der Waals surface area contributed by atoms with Gasteiger partial charge in [-0.15, -0.1) is 0 Å². The Kier molecular flexibility index (Phi) is 7.59. The molecular weight excluding hydrogens is 510 g/mol. The number of aromatic nitrogens is 2. The van der Waals surface area contributed by atoms with Gasteiger partial charge in [-0.2, -0.15) is 5.10 Å². The van der Waals surface area contributed by atoms with Gasteiger partial charge in [0.2, 0.25) is 0 Å². The number of ether oxygens (including phenoxy) is 2. The average Bonchev–Trinajstić information content (AvgIpc) is 3.70. The van der Waals surface area contributed by atoms with Gasteiger partial charge in [-0.3, -0.25) is 9.48 Å². The first kappa shape index (κ1) is 26.1. The molecule has 2 N–H and O–H groups in total. The fourth-order valence-electron chi connectivity index (χ4n) is 4.35. The van der Waals surface area contributed by atoms with Crippen LogP contribution in [-0.2, 0) is 30.7 Å². The Morgan fingerprint density at radius 2 is 1.71 bits per heavy atom. The number of carbonyl (C=O) groups is 2. The van der Waals surface area contributed by atoms with Crippen molar-refractivity contribution < 1.29 is 32.6 Å². The van der Waals surface area contributed by atoms with Crippen LogP contribution in [0.5, 0.6) is 0 Å². The van der Waals surface area contributed by atoms with Crippen molar-refractivity contribution >= 4 is 27.5 Å². The summed E-state index contributed by atoms with van der Waals surface area (Å²) in [7, 11) is -3.33. The van der Waals surface area contributed by atoms with Crippen molar-refractivity contribution in [3.63, 3.8) is 0 Å². The minimum absolute atomic E-state index is 0.166. The van der Waals surface area contributed by atoms with E-state index in [1.165, 1.54) is 12.1 Å². The van der Waals surface area contributed by atoms with Crippen LogP contribution in [0.1, 0.15) is 53.3 Å². The number of sulfone groups is 1. The maximum atomic E-state index is 13.4. The quantitative estimate of drug-likeness (QED) is 0.400. The largest absolute Gasteiger partial charge is 0.478 e. The molecule has 0 spiro atoms. The van der Waals surface area contributed by atoms with Gasteiger partial charge in [0.05, 0.1) is 28.4 Å². The van der Waals surface area contributed by atoms with E-state index in [4.69, 9.17) is 14.6 Å². The number of benzene rings is 2. The number of anilines is 1.